The van der Waals surface area contributed by atoms with Gasteiger partial charge in [-0.25, -0.2) is 4.79 Å². The first-order chi connectivity index (χ1) is 4.20. The van der Waals surface area contributed by atoms with E-state index in [4.69, 9.17) is 10.2 Å². The van der Waals surface area contributed by atoms with E-state index < -0.39 is 18.4 Å². The number of carbonyl (C=O) groups is 1. The van der Waals surface area contributed by atoms with Crippen LogP contribution >= 0.6 is 0 Å². The van der Waals surface area contributed by atoms with Gasteiger partial charge in [0.25, 0.3) is 0 Å². The molecule has 1 unspecified atom stereocenters. The van der Waals surface area contributed by atoms with E-state index in [1.165, 1.54) is 0 Å². The third-order valence-corrected chi connectivity index (χ3v) is 1.27. The van der Waals surface area contributed by atoms with Gasteiger partial charge in [0.2, 0.25) is 0 Å². The normalized spacial score (nSPS) is 34.8. The summed E-state index contributed by atoms with van der Waals surface area (Å²) >= 11 is 0. The summed E-state index contributed by atoms with van der Waals surface area (Å²) in [5, 5.41) is 17.0. The van der Waals surface area contributed by atoms with Crippen molar-refractivity contribution in [3.05, 3.63) is 0 Å². The zero-order valence-electron chi connectivity index (χ0n) is 4.78. The molecule has 9 heavy (non-hydrogen) atoms. The number of ether oxygens (including phenoxy) is 1. The summed E-state index contributed by atoms with van der Waals surface area (Å²) in [5.41, 5.74) is 0. The van der Waals surface area contributed by atoms with Crippen molar-refractivity contribution in [2.45, 2.75) is 25.2 Å². The molecule has 0 aromatic carbocycles. The summed E-state index contributed by atoms with van der Waals surface area (Å²) in [5.74, 6) is -0.994. The van der Waals surface area contributed by atoms with Crippen LogP contribution in [0.2, 0.25) is 0 Å². The van der Waals surface area contributed by atoms with Gasteiger partial charge >= 0.3 is 5.97 Å². The lowest BCUT2D eigenvalue weighted by atomic mass is 10.2. The van der Waals surface area contributed by atoms with Crippen LogP contribution in [-0.2, 0) is 9.53 Å². The summed E-state index contributed by atoms with van der Waals surface area (Å²) in [6.45, 7) is 0. The van der Waals surface area contributed by atoms with E-state index in [2.05, 4.69) is 4.74 Å². The van der Waals surface area contributed by atoms with E-state index in [0.29, 0.717) is 12.8 Å². The van der Waals surface area contributed by atoms with Gasteiger partial charge in [-0.1, -0.05) is 0 Å². The van der Waals surface area contributed by atoms with Crippen molar-refractivity contribution in [2.75, 3.05) is 0 Å². The first kappa shape index (κ1) is 6.51. The SMILES string of the molecule is O=C(O)[C@@H]1CCC(O)O1. The van der Waals surface area contributed by atoms with E-state index in [0.717, 1.165) is 0 Å². The third-order valence-electron chi connectivity index (χ3n) is 1.27. The zero-order chi connectivity index (χ0) is 6.85. The van der Waals surface area contributed by atoms with Gasteiger partial charge in [-0.2, -0.15) is 0 Å². The fraction of sp³-hybridized carbons (Fsp3) is 0.800. The molecule has 1 aliphatic rings. The van der Waals surface area contributed by atoms with E-state index in [1.807, 2.05) is 0 Å². The number of carboxylic acid groups (broad SMARTS) is 1. The monoisotopic (exact) mass is 132 g/mol. The number of rotatable bonds is 1. The Bertz CT molecular complexity index is 122. The molecular weight excluding hydrogens is 124 g/mol. The standard InChI is InChI=1S/C5H8O4/c6-4-2-1-3(9-4)5(7)8/h3-4,6H,1-2H2,(H,7,8)/t3-,4?/m0/s1. The van der Waals surface area contributed by atoms with E-state index in [9.17, 15) is 4.79 Å². The maximum Gasteiger partial charge on any atom is 0.332 e. The maximum atomic E-state index is 10.1. The molecule has 0 aromatic rings. The number of aliphatic hydroxyl groups is 1. The molecule has 52 valence electrons. The Morgan fingerprint density at radius 2 is 2.22 bits per heavy atom. The smallest absolute Gasteiger partial charge is 0.332 e. The molecule has 1 heterocycles. The molecule has 0 spiro atoms. The molecule has 0 aromatic heterocycles. The topological polar surface area (TPSA) is 66.8 Å². The van der Waals surface area contributed by atoms with Crippen molar-refractivity contribution in [1.29, 1.82) is 0 Å². The summed E-state index contributed by atoms with van der Waals surface area (Å²) < 4.78 is 4.58. The minimum absolute atomic E-state index is 0.413. The Kier molecular flexibility index (Phi) is 1.68. The highest BCUT2D eigenvalue weighted by Crippen LogP contribution is 2.16. The Hall–Kier alpha value is -0.610. The Labute approximate surface area is 52.1 Å². The largest absolute Gasteiger partial charge is 0.479 e. The van der Waals surface area contributed by atoms with Crippen molar-refractivity contribution in [1.82, 2.24) is 0 Å². The van der Waals surface area contributed by atoms with Gasteiger partial charge in [0, 0.05) is 6.42 Å². The Morgan fingerprint density at radius 1 is 1.56 bits per heavy atom. The summed E-state index contributed by atoms with van der Waals surface area (Å²) in [6, 6.07) is 0. The highest BCUT2D eigenvalue weighted by atomic mass is 16.6. The molecule has 4 heteroatoms. The van der Waals surface area contributed by atoms with Gasteiger partial charge in [0.05, 0.1) is 0 Å². The van der Waals surface area contributed by atoms with Gasteiger partial charge in [0.1, 0.15) is 0 Å². The second-order valence-corrected chi connectivity index (χ2v) is 1.99. The van der Waals surface area contributed by atoms with E-state index in [-0.39, 0.29) is 0 Å². The van der Waals surface area contributed by atoms with E-state index in [1.54, 1.807) is 0 Å². The third kappa shape index (κ3) is 1.40. The Balaban J connectivity index is 2.39. The van der Waals surface area contributed by atoms with Crippen LogP contribution in [0.1, 0.15) is 12.8 Å². The average Bonchev–Trinajstić information content (AvgIpc) is 2.14. The van der Waals surface area contributed by atoms with Gasteiger partial charge in [-0.3, -0.25) is 0 Å². The van der Waals surface area contributed by atoms with Crippen LogP contribution in [0.5, 0.6) is 0 Å². The second kappa shape index (κ2) is 2.33. The van der Waals surface area contributed by atoms with Crippen LogP contribution in [0.4, 0.5) is 0 Å². The van der Waals surface area contributed by atoms with Crippen molar-refractivity contribution in [3.8, 4) is 0 Å². The van der Waals surface area contributed by atoms with Crippen molar-refractivity contribution < 1.29 is 19.7 Å². The molecule has 0 radical (unpaired) electrons. The lowest BCUT2D eigenvalue weighted by molar-refractivity contribution is -0.159. The van der Waals surface area contributed by atoms with Crippen LogP contribution in [0.25, 0.3) is 0 Å². The molecule has 2 atom stereocenters. The number of hydrogen-bond donors (Lipinski definition) is 2. The lowest BCUT2D eigenvalue weighted by Crippen LogP contribution is -2.20. The van der Waals surface area contributed by atoms with Crippen LogP contribution in [0.3, 0.4) is 0 Å². The predicted molar refractivity (Wildman–Crippen MR) is 27.7 cm³/mol. The van der Waals surface area contributed by atoms with Crippen molar-refractivity contribution in [3.63, 3.8) is 0 Å². The van der Waals surface area contributed by atoms with Crippen LogP contribution in [0, 0.1) is 0 Å². The molecule has 0 amide bonds. The van der Waals surface area contributed by atoms with Crippen LogP contribution in [-0.4, -0.2) is 28.6 Å². The molecular formula is C5H8O4. The molecule has 1 rings (SSSR count). The molecule has 2 N–H and O–H groups in total. The Morgan fingerprint density at radius 3 is 2.44 bits per heavy atom. The minimum atomic E-state index is -0.994. The fourth-order valence-electron chi connectivity index (χ4n) is 0.801. The van der Waals surface area contributed by atoms with Gasteiger partial charge < -0.3 is 14.9 Å². The van der Waals surface area contributed by atoms with Crippen LogP contribution < -0.4 is 0 Å². The molecule has 1 fully saturated rings. The first-order valence-electron chi connectivity index (χ1n) is 2.76. The van der Waals surface area contributed by atoms with Gasteiger partial charge in [0.15, 0.2) is 12.4 Å². The number of aliphatic hydroxyl groups excluding tert-OH is 1. The molecule has 1 saturated heterocycles. The highest BCUT2D eigenvalue weighted by molar-refractivity contribution is 5.72. The number of hydrogen-bond acceptors (Lipinski definition) is 3. The molecule has 0 bridgehead atoms. The second-order valence-electron chi connectivity index (χ2n) is 1.99. The van der Waals surface area contributed by atoms with Crippen molar-refractivity contribution in [2.24, 2.45) is 0 Å². The lowest BCUT2D eigenvalue weighted by Gasteiger charge is -2.02. The van der Waals surface area contributed by atoms with E-state index >= 15 is 0 Å². The highest BCUT2D eigenvalue weighted by Gasteiger charge is 2.28. The summed E-state index contributed by atoms with van der Waals surface area (Å²) in [7, 11) is 0. The number of carboxylic acids is 1. The predicted octanol–water partition coefficient (Wildman–Crippen LogP) is -0.432. The van der Waals surface area contributed by atoms with Gasteiger partial charge in [-0.15, -0.1) is 0 Å². The van der Waals surface area contributed by atoms with Gasteiger partial charge in [-0.05, 0) is 6.42 Å². The fourth-order valence-corrected chi connectivity index (χ4v) is 0.801. The summed E-state index contributed by atoms with van der Waals surface area (Å²) in [4.78, 5) is 10.1. The summed E-state index contributed by atoms with van der Waals surface area (Å²) in [6.07, 6.45) is -0.820. The first-order valence-corrected chi connectivity index (χ1v) is 2.76. The maximum absolute atomic E-state index is 10.1. The van der Waals surface area contributed by atoms with Crippen molar-refractivity contribution >= 4 is 5.97 Å². The number of aliphatic carboxylic acids is 1. The molecule has 0 saturated carbocycles. The van der Waals surface area contributed by atoms with Crippen LogP contribution in [0.15, 0.2) is 0 Å². The minimum Gasteiger partial charge on any atom is -0.479 e. The molecule has 0 aliphatic carbocycles. The average molecular weight is 132 g/mol. The molecule has 4 nitrogen and oxygen atoms in total. The quantitative estimate of drug-likeness (QED) is 0.508. The zero-order valence-corrected chi connectivity index (χ0v) is 4.78. The molecule has 1 aliphatic heterocycles.